The molecule has 0 aliphatic heterocycles. The monoisotopic (exact) mass is 373 g/mol. The average molecular weight is 373 g/mol. The summed E-state index contributed by atoms with van der Waals surface area (Å²) in [5.74, 6) is 0.415. The second-order valence-corrected chi connectivity index (χ2v) is 7.54. The molecular weight excluding hydrogens is 344 g/mol. The first-order valence-corrected chi connectivity index (χ1v) is 10.3. The van der Waals surface area contributed by atoms with Gasteiger partial charge in [0.1, 0.15) is 18.5 Å². The minimum atomic E-state index is -4.15. The second kappa shape index (κ2) is 12.2. The van der Waals surface area contributed by atoms with Gasteiger partial charge in [0.2, 0.25) is 0 Å². The van der Waals surface area contributed by atoms with Gasteiger partial charge in [-0.05, 0) is 38.3 Å². The first kappa shape index (κ1) is 21.9. The molecule has 0 aromatic heterocycles. The molecule has 25 heavy (non-hydrogen) atoms. The van der Waals surface area contributed by atoms with Crippen LogP contribution in [0.25, 0.3) is 0 Å². The SMILES string of the molecule is CCCCOCC(COc1ccc(C)cc1)OCCCCS(=O)(=O)[O-]. The molecular formula is C18H29O6S-. The average Bonchev–Trinajstić information content (AvgIpc) is 2.56. The van der Waals surface area contributed by atoms with Crippen molar-refractivity contribution in [3.05, 3.63) is 29.8 Å². The van der Waals surface area contributed by atoms with Crippen molar-refractivity contribution in [2.75, 3.05) is 32.2 Å². The van der Waals surface area contributed by atoms with Crippen LogP contribution in [0, 0.1) is 6.92 Å². The molecule has 0 bridgehead atoms. The van der Waals surface area contributed by atoms with Crippen LogP contribution in [-0.2, 0) is 19.6 Å². The Kier molecular flexibility index (Phi) is 10.7. The number of ether oxygens (including phenoxy) is 3. The third-order valence-corrected chi connectivity index (χ3v) is 4.33. The van der Waals surface area contributed by atoms with Crippen LogP contribution in [0.3, 0.4) is 0 Å². The van der Waals surface area contributed by atoms with E-state index < -0.39 is 10.1 Å². The highest BCUT2D eigenvalue weighted by Crippen LogP contribution is 2.12. The predicted octanol–water partition coefficient (Wildman–Crippen LogP) is 2.90. The van der Waals surface area contributed by atoms with Gasteiger partial charge < -0.3 is 18.8 Å². The summed E-state index contributed by atoms with van der Waals surface area (Å²) in [5, 5.41) is 0. The van der Waals surface area contributed by atoms with Crippen LogP contribution < -0.4 is 4.74 Å². The fourth-order valence-corrected chi connectivity index (χ4v) is 2.62. The molecule has 7 heteroatoms. The smallest absolute Gasteiger partial charge is 0.119 e. The Bertz CT molecular complexity index is 555. The summed E-state index contributed by atoms with van der Waals surface area (Å²) in [6.45, 7) is 5.94. The minimum Gasteiger partial charge on any atom is -0.748 e. The fraction of sp³-hybridized carbons (Fsp3) is 0.667. The highest BCUT2D eigenvalue weighted by Gasteiger charge is 2.11. The Morgan fingerprint density at radius 1 is 1.04 bits per heavy atom. The predicted molar refractivity (Wildman–Crippen MR) is 95.9 cm³/mol. The molecule has 0 aliphatic carbocycles. The summed E-state index contributed by atoms with van der Waals surface area (Å²) in [6.07, 6.45) is 2.63. The van der Waals surface area contributed by atoms with Crippen molar-refractivity contribution in [3.63, 3.8) is 0 Å². The number of benzene rings is 1. The van der Waals surface area contributed by atoms with Crippen molar-refractivity contribution in [1.29, 1.82) is 0 Å². The van der Waals surface area contributed by atoms with Gasteiger partial charge in [0.15, 0.2) is 0 Å². The maximum Gasteiger partial charge on any atom is 0.119 e. The van der Waals surface area contributed by atoms with Crippen LogP contribution in [0.4, 0.5) is 0 Å². The Morgan fingerprint density at radius 2 is 1.76 bits per heavy atom. The van der Waals surface area contributed by atoms with E-state index in [2.05, 4.69) is 6.92 Å². The summed E-state index contributed by atoms with van der Waals surface area (Å²) in [6, 6.07) is 7.77. The lowest BCUT2D eigenvalue weighted by molar-refractivity contribution is -0.0384. The summed E-state index contributed by atoms with van der Waals surface area (Å²) in [5.41, 5.74) is 1.16. The number of unbranched alkanes of at least 4 members (excludes halogenated alkanes) is 2. The van der Waals surface area contributed by atoms with Gasteiger partial charge >= 0.3 is 0 Å². The molecule has 0 aliphatic rings. The molecule has 0 spiro atoms. The molecule has 0 fully saturated rings. The quantitative estimate of drug-likeness (QED) is 0.368. The third-order valence-electron chi connectivity index (χ3n) is 3.55. The molecule has 144 valence electrons. The van der Waals surface area contributed by atoms with Crippen molar-refractivity contribution >= 4 is 10.1 Å². The number of hydrogen-bond donors (Lipinski definition) is 0. The van der Waals surface area contributed by atoms with Gasteiger partial charge in [0, 0.05) is 19.0 Å². The highest BCUT2D eigenvalue weighted by molar-refractivity contribution is 7.85. The second-order valence-electron chi connectivity index (χ2n) is 6.01. The molecule has 6 nitrogen and oxygen atoms in total. The van der Waals surface area contributed by atoms with Gasteiger partial charge in [-0.25, -0.2) is 8.42 Å². The van der Waals surface area contributed by atoms with Crippen molar-refractivity contribution in [3.8, 4) is 5.75 Å². The van der Waals surface area contributed by atoms with Crippen LogP contribution >= 0.6 is 0 Å². The molecule has 0 heterocycles. The molecule has 0 amide bonds. The van der Waals surface area contributed by atoms with E-state index in [1.165, 1.54) is 0 Å². The number of aryl methyl sites for hydroxylation is 1. The van der Waals surface area contributed by atoms with Crippen molar-refractivity contribution < 1.29 is 27.2 Å². The van der Waals surface area contributed by atoms with Gasteiger partial charge in [-0.2, -0.15) is 0 Å². The molecule has 0 N–H and O–H groups in total. The van der Waals surface area contributed by atoms with Crippen LogP contribution in [0.1, 0.15) is 38.2 Å². The molecule has 0 radical (unpaired) electrons. The van der Waals surface area contributed by atoms with Gasteiger partial charge in [-0.15, -0.1) is 0 Å². The van der Waals surface area contributed by atoms with Gasteiger partial charge in [-0.3, -0.25) is 0 Å². The van der Waals surface area contributed by atoms with E-state index in [0.717, 1.165) is 24.2 Å². The van der Waals surface area contributed by atoms with Gasteiger partial charge in [-0.1, -0.05) is 31.0 Å². The first-order chi connectivity index (χ1) is 11.9. The van der Waals surface area contributed by atoms with Gasteiger partial charge in [0.05, 0.1) is 16.7 Å². The van der Waals surface area contributed by atoms with Gasteiger partial charge in [0.25, 0.3) is 0 Å². The minimum absolute atomic E-state index is 0.234. The highest BCUT2D eigenvalue weighted by atomic mass is 32.2. The van der Waals surface area contributed by atoms with E-state index in [9.17, 15) is 13.0 Å². The summed E-state index contributed by atoms with van der Waals surface area (Å²) in [4.78, 5) is 0. The lowest BCUT2D eigenvalue weighted by Crippen LogP contribution is -2.28. The Balaban J connectivity index is 2.35. The topological polar surface area (TPSA) is 84.9 Å². The van der Waals surface area contributed by atoms with E-state index >= 15 is 0 Å². The van der Waals surface area contributed by atoms with Crippen molar-refractivity contribution in [1.82, 2.24) is 0 Å². The number of hydrogen-bond acceptors (Lipinski definition) is 6. The molecule has 1 atom stereocenters. The van der Waals surface area contributed by atoms with Crippen LogP contribution in [-0.4, -0.2) is 51.3 Å². The lowest BCUT2D eigenvalue weighted by atomic mass is 10.2. The molecule has 1 rings (SSSR count). The van der Waals surface area contributed by atoms with E-state index in [0.29, 0.717) is 39.3 Å². The fourth-order valence-electron chi connectivity index (χ4n) is 2.06. The Morgan fingerprint density at radius 3 is 2.40 bits per heavy atom. The molecule has 0 saturated heterocycles. The molecule has 1 aromatic carbocycles. The molecule has 1 unspecified atom stereocenters. The van der Waals surface area contributed by atoms with Crippen LogP contribution in [0.5, 0.6) is 5.75 Å². The maximum absolute atomic E-state index is 10.6. The van der Waals surface area contributed by atoms with Crippen LogP contribution in [0.15, 0.2) is 24.3 Å². The lowest BCUT2D eigenvalue weighted by Gasteiger charge is -2.19. The standard InChI is InChI=1S/C18H30O6S/c1-3-4-11-22-14-18(23-12-5-6-13-25(19,20)21)15-24-17-9-7-16(2)8-10-17/h7-10,18H,3-6,11-15H2,1-2H3,(H,19,20,21)/p-1. The maximum atomic E-state index is 10.6. The van der Waals surface area contributed by atoms with E-state index in [-0.39, 0.29) is 11.9 Å². The Labute approximate surface area is 151 Å². The zero-order valence-electron chi connectivity index (χ0n) is 15.1. The van der Waals surface area contributed by atoms with Crippen molar-refractivity contribution in [2.24, 2.45) is 0 Å². The zero-order valence-corrected chi connectivity index (χ0v) is 15.9. The van der Waals surface area contributed by atoms with E-state index in [4.69, 9.17) is 14.2 Å². The summed E-state index contributed by atoms with van der Waals surface area (Å²) in [7, 11) is -4.15. The first-order valence-electron chi connectivity index (χ1n) is 8.73. The Hall–Kier alpha value is -1.15. The van der Waals surface area contributed by atoms with Crippen molar-refractivity contribution in [2.45, 2.75) is 45.6 Å². The van der Waals surface area contributed by atoms with E-state index in [1.54, 1.807) is 0 Å². The summed E-state index contributed by atoms with van der Waals surface area (Å²) < 4.78 is 48.8. The molecule has 0 saturated carbocycles. The summed E-state index contributed by atoms with van der Waals surface area (Å²) >= 11 is 0. The van der Waals surface area contributed by atoms with E-state index in [1.807, 2.05) is 31.2 Å². The zero-order chi connectivity index (χ0) is 18.5. The molecule has 1 aromatic rings. The normalized spacial score (nSPS) is 12.9. The largest absolute Gasteiger partial charge is 0.748 e. The third kappa shape index (κ3) is 11.9. The van der Waals surface area contributed by atoms with Crippen LogP contribution in [0.2, 0.25) is 0 Å². The number of rotatable bonds is 14.